The fraction of sp³-hybridized carbons (Fsp3) is 0.435. The highest BCUT2D eigenvalue weighted by molar-refractivity contribution is 6.11. The van der Waals surface area contributed by atoms with Crippen LogP contribution in [0.3, 0.4) is 0 Å². The summed E-state index contributed by atoms with van der Waals surface area (Å²) in [5, 5.41) is 1.04. The molecule has 3 aromatic rings. The molecule has 0 aliphatic heterocycles. The molecule has 1 atom stereocenters. The molecule has 180 valence electrons. The van der Waals surface area contributed by atoms with Crippen molar-refractivity contribution in [2.24, 2.45) is 18.7 Å². The van der Waals surface area contributed by atoms with Crippen molar-refractivity contribution in [2.75, 3.05) is 20.1 Å². The molecule has 2 aromatic heterocycles. The van der Waals surface area contributed by atoms with Crippen LogP contribution in [0.5, 0.6) is 0 Å². The number of ether oxygens (including phenoxy) is 1. The van der Waals surface area contributed by atoms with Gasteiger partial charge in [0.05, 0.1) is 5.92 Å². The second kappa shape index (κ2) is 11.0. The van der Waals surface area contributed by atoms with Crippen molar-refractivity contribution in [3.63, 3.8) is 0 Å². The molecule has 1 aromatic carbocycles. The first kappa shape index (κ1) is 26.7. The third kappa shape index (κ3) is 5.03. The maximum Gasteiger partial charge on any atom is 0.412 e. The molecule has 10 heteroatoms. The predicted octanol–water partition coefficient (Wildman–Crippen LogP) is -0.569. The van der Waals surface area contributed by atoms with Crippen LogP contribution < -0.4 is 22.7 Å². The molecule has 1 aliphatic rings. The van der Waals surface area contributed by atoms with E-state index in [9.17, 15) is 9.59 Å². The van der Waals surface area contributed by atoms with Crippen molar-refractivity contribution in [1.29, 1.82) is 0 Å². The lowest BCUT2D eigenvalue weighted by molar-refractivity contribution is -0.732. The minimum atomic E-state index is -0.406. The van der Waals surface area contributed by atoms with E-state index in [0.717, 1.165) is 40.8 Å². The summed E-state index contributed by atoms with van der Waals surface area (Å²) in [4.78, 5) is 26.8. The normalized spacial score (nSPS) is 14.9. The van der Waals surface area contributed by atoms with Crippen LogP contribution in [-0.2, 0) is 31.5 Å². The summed E-state index contributed by atoms with van der Waals surface area (Å²) < 4.78 is 11.4. The Hall–Kier alpha value is -2.55. The molecule has 0 spiro atoms. The van der Waals surface area contributed by atoms with Gasteiger partial charge in [0.2, 0.25) is 6.73 Å². The zero-order chi connectivity index (χ0) is 22.1. The van der Waals surface area contributed by atoms with E-state index in [1.54, 1.807) is 7.05 Å². The van der Waals surface area contributed by atoms with E-state index in [-0.39, 0.29) is 43.2 Å². The van der Waals surface area contributed by atoms with Gasteiger partial charge in [-0.2, -0.15) is 4.57 Å². The second-order valence-electron chi connectivity index (χ2n) is 8.21. The van der Waals surface area contributed by atoms with E-state index in [0.29, 0.717) is 19.6 Å². The van der Waals surface area contributed by atoms with Gasteiger partial charge < -0.3 is 32.3 Å². The van der Waals surface area contributed by atoms with Gasteiger partial charge in [-0.15, -0.1) is 12.4 Å². The lowest BCUT2D eigenvalue weighted by Gasteiger charge is -2.21. The van der Waals surface area contributed by atoms with E-state index in [1.807, 2.05) is 49.1 Å². The van der Waals surface area contributed by atoms with Gasteiger partial charge in [0.1, 0.15) is 18.9 Å². The van der Waals surface area contributed by atoms with Crippen LogP contribution in [0.4, 0.5) is 4.79 Å². The van der Waals surface area contributed by atoms with Gasteiger partial charge in [-0.05, 0) is 18.9 Å². The Labute approximate surface area is 206 Å². The first-order chi connectivity index (χ1) is 14.9. The average molecular weight is 496 g/mol. The van der Waals surface area contributed by atoms with Crippen LogP contribution in [0.1, 0.15) is 28.3 Å². The molecule has 0 bridgehead atoms. The number of hydrogen-bond donors (Lipinski definition) is 1. The molecule has 0 saturated heterocycles. The maximum absolute atomic E-state index is 13.4. The minimum Gasteiger partial charge on any atom is -1.00 e. The molecule has 1 aliphatic carbocycles. The van der Waals surface area contributed by atoms with Crippen molar-refractivity contribution in [3.05, 3.63) is 53.7 Å². The van der Waals surface area contributed by atoms with E-state index in [2.05, 4.69) is 15.2 Å². The van der Waals surface area contributed by atoms with Crippen LogP contribution in [0.2, 0.25) is 0 Å². The number of ketones is 1. The molecule has 2 heterocycles. The van der Waals surface area contributed by atoms with Crippen LogP contribution in [0.25, 0.3) is 10.9 Å². The number of para-hydroxylation sites is 1. The van der Waals surface area contributed by atoms with Gasteiger partial charge in [0.25, 0.3) is 5.82 Å². The van der Waals surface area contributed by atoms with Crippen molar-refractivity contribution >= 4 is 35.2 Å². The molecule has 4 rings (SSSR count). The summed E-state index contributed by atoms with van der Waals surface area (Å²) in [6.45, 7) is 3.54. The van der Waals surface area contributed by atoms with Gasteiger partial charge in [-0.1, -0.05) is 18.2 Å². The Balaban J connectivity index is 0.00000193. The molecule has 1 unspecified atom stereocenters. The highest BCUT2D eigenvalue weighted by atomic mass is 35.5. The van der Waals surface area contributed by atoms with Crippen LogP contribution in [-0.4, -0.2) is 46.0 Å². The molecule has 8 nitrogen and oxygen atoms in total. The first-order valence-electron chi connectivity index (χ1n) is 10.7. The summed E-state index contributed by atoms with van der Waals surface area (Å²) in [7, 11) is 3.70. The maximum atomic E-state index is 13.4. The number of fused-ring (bicyclic) bond motifs is 3. The van der Waals surface area contributed by atoms with E-state index >= 15 is 0 Å². The Bertz CT molecular complexity index is 1140. The monoisotopic (exact) mass is 495 g/mol. The topological polar surface area (TPSA) is 86.4 Å². The SMILES string of the molecule is Cc1n(CC2CCc3c(c4ccccc4n3C)C2=O)cc[n+]1COC(=O)N(C)CCN.Cl.[Cl-]. The highest BCUT2D eigenvalue weighted by Gasteiger charge is 2.34. The Morgan fingerprint density at radius 2 is 2.06 bits per heavy atom. The van der Waals surface area contributed by atoms with Crippen molar-refractivity contribution in [2.45, 2.75) is 33.0 Å². The summed E-state index contributed by atoms with van der Waals surface area (Å²) in [6, 6.07) is 8.11. The number of aryl methyl sites for hydroxylation is 1. The van der Waals surface area contributed by atoms with Crippen molar-refractivity contribution in [3.8, 4) is 0 Å². The Kier molecular flexibility index (Phi) is 8.94. The number of nitrogens with zero attached hydrogens (tertiary/aromatic N) is 4. The molecule has 0 saturated carbocycles. The number of carbonyl (C=O) groups excluding carboxylic acids is 2. The summed E-state index contributed by atoms with van der Waals surface area (Å²) in [6.07, 6.45) is 5.13. The zero-order valence-corrected chi connectivity index (χ0v) is 20.7. The quantitative estimate of drug-likeness (QED) is 0.464. The molecular formula is C23H31Cl2N5O3. The fourth-order valence-electron chi connectivity index (χ4n) is 4.46. The average Bonchev–Trinajstić information content (AvgIpc) is 3.26. The summed E-state index contributed by atoms with van der Waals surface area (Å²) in [5.74, 6) is 1.08. The number of hydrogen-bond acceptors (Lipinski definition) is 4. The lowest BCUT2D eigenvalue weighted by atomic mass is 9.85. The third-order valence-corrected chi connectivity index (χ3v) is 6.35. The Morgan fingerprint density at radius 3 is 2.79 bits per heavy atom. The smallest absolute Gasteiger partial charge is 0.412 e. The van der Waals surface area contributed by atoms with E-state index < -0.39 is 6.09 Å². The number of likely N-dealkylation sites (N-methyl/N-ethyl adjacent to an activating group) is 1. The molecule has 0 radical (unpaired) electrons. The highest BCUT2D eigenvalue weighted by Crippen LogP contribution is 2.34. The standard InChI is InChI=1S/C23H30N5O3.2ClH/c1-16-27(12-13-28(16)15-31-23(30)25(2)11-10-24)14-17-8-9-20-21(22(17)29)18-6-4-5-7-19(18)26(20)3;;/h4-7,12-13,17H,8-11,14-15,24H2,1-3H3;2*1H/q+1;;/p-1. The van der Waals surface area contributed by atoms with Gasteiger partial charge >= 0.3 is 6.09 Å². The minimum absolute atomic E-state index is 0. The van der Waals surface area contributed by atoms with Gasteiger partial charge in [0, 0.05) is 56.3 Å². The number of aromatic nitrogens is 3. The van der Waals surface area contributed by atoms with Crippen LogP contribution in [0.15, 0.2) is 36.7 Å². The predicted molar refractivity (Wildman–Crippen MR) is 124 cm³/mol. The van der Waals surface area contributed by atoms with E-state index in [1.165, 1.54) is 4.90 Å². The number of rotatable bonds is 6. The molecule has 0 fully saturated rings. The lowest BCUT2D eigenvalue weighted by Crippen LogP contribution is -3.00. The summed E-state index contributed by atoms with van der Waals surface area (Å²) in [5.41, 5.74) is 8.60. The van der Waals surface area contributed by atoms with Crippen LogP contribution >= 0.6 is 12.4 Å². The molecule has 1 amide bonds. The largest absolute Gasteiger partial charge is 1.00 e. The number of carbonyl (C=O) groups is 2. The zero-order valence-electron chi connectivity index (χ0n) is 19.2. The molecule has 33 heavy (non-hydrogen) atoms. The van der Waals surface area contributed by atoms with Gasteiger partial charge in [-0.3, -0.25) is 4.79 Å². The Morgan fingerprint density at radius 1 is 1.33 bits per heavy atom. The van der Waals surface area contributed by atoms with Crippen molar-refractivity contribution in [1.82, 2.24) is 14.0 Å². The number of nitrogens with two attached hydrogens (primary N) is 1. The fourth-order valence-corrected chi connectivity index (χ4v) is 4.46. The number of benzene rings is 1. The molecular weight excluding hydrogens is 465 g/mol. The number of amides is 1. The molecule has 2 N–H and O–H groups in total. The van der Waals surface area contributed by atoms with Crippen molar-refractivity contribution < 1.29 is 31.3 Å². The van der Waals surface area contributed by atoms with Gasteiger partial charge in [0.15, 0.2) is 5.78 Å². The second-order valence-corrected chi connectivity index (χ2v) is 8.21. The number of Topliss-reactive ketones (excluding diaryl/α,β-unsaturated/α-hetero) is 1. The van der Waals surface area contributed by atoms with Gasteiger partial charge in [-0.25, -0.2) is 9.36 Å². The number of imidazole rings is 1. The van der Waals surface area contributed by atoms with Crippen LogP contribution in [0, 0.1) is 12.8 Å². The first-order valence-corrected chi connectivity index (χ1v) is 10.7. The summed E-state index contributed by atoms with van der Waals surface area (Å²) >= 11 is 0. The third-order valence-electron chi connectivity index (χ3n) is 6.35. The number of halogens is 2. The van der Waals surface area contributed by atoms with E-state index in [4.69, 9.17) is 10.5 Å².